The zero-order valence-corrected chi connectivity index (χ0v) is 9.45. The Morgan fingerprint density at radius 2 is 2.18 bits per heavy atom. The van der Waals surface area contributed by atoms with Crippen LogP contribution in [0.1, 0.15) is 5.56 Å². The van der Waals surface area contributed by atoms with Crippen molar-refractivity contribution >= 4 is 16.1 Å². The third-order valence-corrected chi connectivity index (χ3v) is 2.45. The molecule has 0 spiro atoms. The van der Waals surface area contributed by atoms with Crippen LogP contribution in [-0.4, -0.2) is 28.6 Å². The number of aromatic nitrogens is 4. The number of benzene rings is 1. The van der Waals surface area contributed by atoms with E-state index in [1.807, 2.05) is 0 Å². The van der Waals surface area contributed by atoms with E-state index in [1.54, 1.807) is 24.3 Å². The van der Waals surface area contributed by atoms with Gasteiger partial charge in [-0.1, -0.05) is 12.1 Å². The SMILES string of the molecule is NS(=O)(=O)/C=C/c1cccc(-n2cnnn2)c1. The van der Waals surface area contributed by atoms with Crippen molar-refractivity contribution in [3.63, 3.8) is 0 Å². The molecule has 7 nitrogen and oxygen atoms in total. The lowest BCUT2D eigenvalue weighted by Crippen LogP contribution is -2.06. The van der Waals surface area contributed by atoms with Crippen molar-refractivity contribution < 1.29 is 8.42 Å². The maximum Gasteiger partial charge on any atom is 0.231 e. The van der Waals surface area contributed by atoms with E-state index in [0.717, 1.165) is 11.1 Å². The van der Waals surface area contributed by atoms with Gasteiger partial charge in [-0.25, -0.2) is 18.2 Å². The zero-order chi connectivity index (χ0) is 12.3. The van der Waals surface area contributed by atoms with Gasteiger partial charge in [-0.3, -0.25) is 0 Å². The summed E-state index contributed by atoms with van der Waals surface area (Å²) < 4.78 is 23.0. The maximum absolute atomic E-state index is 10.8. The van der Waals surface area contributed by atoms with Gasteiger partial charge in [0.15, 0.2) is 0 Å². The number of hydrogen-bond acceptors (Lipinski definition) is 5. The Hall–Kier alpha value is -2.06. The molecule has 2 rings (SSSR count). The summed E-state index contributed by atoms with van der Waals surface area (Å²) in [5, 5.41) is 16.5. The van der Waals surface area contributed by atoms with Gasteiger partial charge in [0.25, 0.3) is 0 Å². The van der Waals surface area contributed by atoms with Gasteiger partial charge in [-0.2, -0.15) is 0 Å². The first kappa shape index (κ1) is 11.4. The minimum Gasteiger partial charge on any atom is -0.225 e. The predicted molar refractivity (Wildman–Crippen MR) is 61.3 cm³/mol. The van der Waals surface area contributed by atoms with Crippen LogP contribution in [0.15, 0.2) is 36.0 Å². The standard InChI is InChI=1S/C9H9N5O2S/c10-17(15,16)5-4-8-2-1-3-9(6-8)14-7-11-12-13-14/h1-7H,(H2,10,15,16)/b5-4+. The molecule has 88 valence electrons. The Kier molecular flexibility index (Phi) is 2.98. The summed E-state index contributed by atoms with van der Waals surface area (Å²) in [6.45, 7) is 0. The smallest absolute Gasteiger partial charge is 0.225 e. The Balaban J connectivity index is 2.33. The molecule has 2 aromatic rings. The molecule has 0 bridgehead atoms. The highest BCUT2D eigenvalue weighted by molar-refractivity contribution is 7.92. The van der Waals surface area contributed by atoms with Gasteiger partial charge in [0.05, 0.1) is 5.69 Å². The monoisotopic (exact) mass is 251 g/mol. The fraction of sp³-hybridized carbons (Fsp3) is 0. The fourth-order valence-electron chi connectivity index (χ4n) is 1.22. The predicted octanol–water partition coefficient (Wildman–Crippen LogP) is -0.0785. The topological polar surface area (TPSA) is 104 Å². The average molecular weight is 251 g/mol. The molecular formula is C9H9N5O2S. The molecule has 0 aliphatic rings. The Labute approximate surface area is 97.6 Å². The van der Waals surface area contributed by atoms with Crippen LogP contribution in [0.4, 0.5) is 0 Å². The van der Waals surface area contributed by atoms with Gasteiger partial charge in [0.2, 0.25) is 10.0 Å². The van der Waals surface area contributed by atoms with Crippen LogP contribution in [0.25, 0.3) is 11.8 Å². The molecule has 0 saturated heterocycles. The minimum atomic E-state index is -3.62. The van der Waals surface area contributed by atoms with Crippen molar-refractivity contribution in [2.24, 2.45) is 5.14 Å². The van der Waals surface area contributed by atoms with Crippen LogP contribution in [0.5, 0.6) is 0 Å². The summed E-state index contributed by atoms with van der Waals surface area (Å²) in [7, 11) is -3.62. The first-order valence-electron chi connectivity index (χ1n) is 4.59. The highest BCUT2D eigenvalue weighted by atomic mass is 32.2. The van der Waals surface area contributed by atoms with Crippen LogP contribution in [0.3, 0.4) is 0 Å². The number of hydrogen-bond donors (Lipinski definition) is 1. The normalized spacial score (nSPS) is 12.1. The van der Waals surface area contributed by atoms with Gasteiger partial charge >= 0.3 is 0 Å². The molecular weight excluding hydrogens is 242 g/mol. The molecule has 0 atom stereocenters. The molecule has 0 aliphatic heterocycles. The summed E-state index contributed by atoms with van der Waals surface area (Å²) in [4.78, 5) is 0. The molecule has 0 aliphatic carbocycles. The average Bonchev–Trinajstić information content (AvgIpc) is 2.79. The highest BCUT2D eigenvalue weighted by Gasteiger charge is 1.99. The van der Waals surface area contributed by atoms with Gasteiger partial charge < -0.3 is 0 Å². The Bertz CT molecular complexity index is 633. The van der Waals surface area contributed by atoms with E-state index in [2.05, 4.69) is 15.5 Å². The lowest BCUT2D eigenvalue weighted by molar-refractivity contribution is 0.606. The van der Waals surface area contributed by atoms with Crippen LogP contribution < -0.4 is 5.14 Å². The Morgan fingerprint density at radius 3 is 2.82 bits per heavy atom. The summed E-state index contributed by atoms with van der Waals surface area (Å²) in [6.07, 6.45) is 2.85. The largest absolute Gasteiger partial charge is 0.231 e. The van der Waals surface area contributed by atoms with E-state index < -0.39 is 10.0 Å². The lowest BCUT2D eigenvalue weighted by atomic mass is 10.2. The number of rotatable bonds is 3. The molecule has 0 radical (unpaired) electrons. The molecule has 1 heterocycles. The first-order chi connectivity index (χ1) is 8.04. The second kappa shape index (κ2) is 4.44. The van der Waals surface area contributed by atoms with Crippen LogP contribution in [0.2, 0.25) is 0 Å². The number of nitrogens with zero attached hydrogens (tertiary/aromatic N) is 4. The number of primary sulfonamides is 1. The van der Waals surface area contributed by atoms with Crippen LogP contribution >= 0.6 is 0 Å². The van der Waals surface area contributed by atoms with E-state index in [-0.39, 0.29) is 0 Å². The van der Waals surface area contributed by atoms with E-state index >= 15 is 0 Å². The summed E-state index contributed by atoms with van der Waals surface area (Å²) in [5.41, 5.74) is 1.42. The molecule has 2 N–H and O–H groups in total. The van der Waals surface area contributed by atoms with E-state index in [4.69, 9.17) is 5.14 Å². The molecule has 1 aromatic heterocycles. The van der Waals surface area contributed by atoms with Crippen molar-refractivity contribution in [1.29, 1.82) is 0 Å². The molecule has 8 heteroatoms. The molecule has 0 unspecified atom stereocenters. The number of sulfonamides is 1. The summed E-state index contributed by atoms with van der Waals surface area (Å²) in [5.74, 6) is 0. The summed E-state index contributed by atoms with van der Waals surface area (Å²) in [6, 6.07) is 7.04. The fourth-order valence-corrected chi connectivity index (χ4v) is 1.57. The third-order valence-electron chi connectivity index (χ3n) is 1.93. The second-order valence-corrected chi connectivity index (χ2v) is 4.69. The molecule has 0 amide bonds. The van der Waals surface area contributed by atoms with Gasteiger partial charge in [-0.15, -0.1) is 5.10 Å². The third kappa shape index (κ3) is 3.20. The highest BCUT2D eigenvalue weighted by Crippen LogP contribution is 2.10. The molecule has 1 aromatic carbocycles. The van der Waals surface area contributed by atoms with Crippen molar-refractivity contribution in [3.8, 4) is 5.69 Å². The quantitative estimate of drug-likeness (QED) is 0.821. The lowest BCUT2D eigenvalue weighted by Gasteiger charge is -2.00. The molecule has 0 saturated carbocycles. The van der Waals surface area contributed by atoms with E-state index in [9.17, 15) is 8.42 Å². The number of nitrogens with two attached hydrogens (primary N) is 1. The van der Waals surface area contributed by atoms with E-state index in [0.29, 0.717) is 5.56 Å². The van der Waals surface area contributed by atoms with E-state index in [1.165, 1.54) is 17.1 Å². The molecule has 0 fully saturated rings. The van der Waals surface area contributed by atoms with Crippen molar-refractivity contribution in [3.05, 3.63) is 41.6 Å². The Morgan fingerprint density at radius 1 is 1.35 bits per heavy atom. The van der Waals surface area contributed by atoms with Crippen molar-refractivity contribution in [2.45, 2.75) is 0 Å². The van der Waals surface area contributed by atoms with Crippen molar-refractivity contribution in [2.75, 3.05) is 0 Å². The second-order valence-electron chi connectivity index (χ2n) is 3.24. The zero-order valence-electron chi connectivity index (χ0n) is 8.63. The van der Waals surface area contributed by atoms with Gasteiger partial charge in [0.1, 0.15) is 6.33 Å². The first-order valence-corrected chi connectivity index (χ1v) is 6.20. The maximum atomic E-state index is 10.8. The van der Waals surface area contributed by atoms with Gasteiger partial charge in [-0.05, 0) is 34.2 Å². The van der Waals surface area contributed by atoms with Crippen LogP contribution in [0, 0.1) is 0 Å². The van der Waals surface area contributed by atoms with Crippen molar-refractivity contribution in [1.82, 2.24) is 20.2 Å². The van der Waals surface area contributed by atoms with Gasteiger partial charge in [0, 0.05) is 5.41 Å². The molecule has 17 heavy (non-hydrogen) atoms. The minimum absolute atomic E-state index is 0.687. The van der Waals surface area contributed by atoms with Crippen LogP contribution in [-0.2, 0) is 10.0 Å². The summed E-state index contributed by atoms with van der Waals surface area (Å²) >= 11 is 0. The number of tetrazole rings is 1.